The van der Waals surface area contributed by atoms with Gasteiger partial charge in [0.25, 0.3) is 5.56 Å². The number of aromatic nitrogens is 4. The molecule has 2 aromatic heterocycles. The molecule has 0 bridgehead atoms. The Bertz CT molecular complexity index is 952. The number of imidazole rings is 1. The third kappa shape index (κ3) is 2.23. The van der Waals surface area contributed by atoms with Crippen LogP contribution in [-0.4, -0.2) is 19.5 Å². The molecule has 0 aliphatic heterocycles. The summed E-state index contributed by atoms with van der Waals surface area (Å²) < 4.78 is 2.31. The van der Waals surface area contributed by atoms with Crippen LogP contribution in [0.4, 0.5) is 0 Å². The SMILES string of the molecule is CCn1c(=O)[nH]c(=O)c2[nH]c(-c3ccc(C)cc3Br)nc21. The summed E-state index contributed by atoms with van der Waals surface area (Å²) in [7, 11) is 0. The van der Waals surface area contributed by atoms with E-state index in [4.69, 9.17) is 0 Å². The van der Waals surface area contributed by atoms with Crippen LogP contribution in [0.3, 0.4) is 0 Å². The number of aromatic amines is 2. The third-order valence-corrected chi connectivity index (χ3v) is 3.99. The molecule has 3 aromatic rings. The molecular weight excluding hydrogens is 336 g/mol. The Morgan fingerprint density at radius 3 is 2.71 bits per heavy atom. The second-order valence-electron chi connectivity index (χ2n) is 4.77. The van der Waals surface area contributed by atoms with Gasteiger partial charge in [0, 0.05) is 16.6 Å². The number of aryl methyl sites for hydroxylation is 2. The zero-order valence-electron chi connectivity index (χ0n) is 11.5. The van der Waals surface area contributed by atoms with Gasteiger partial charge in [-0.25, -0.2) is 9.78 Å². The number of rotatable bonds is 2. The molecule has 108 valence electrons. The first-order valence-corrected chi connectivity index (χ1v) is 7.30. The van der Waals surface area contributed by atoms with Gasteiger partial charge in [0.05, 0.1) is 0 Å². The van der Waals surface area contributed by atoms with Gasteiger partial charge in [-0.15, -0.1) is 0 Å². The van der Waals surface area contributed by atoms with E-state index in [1.807, 2.05) is 32.0 Å². The monoisotopic (exact) mass is 348 g/mol. The smallest absolute Gasteiger partial charge is 0.330 e. The molecule has 0 aliphatic carbocycles. The normalized spacial score (nSPS) is 11.2. The fourth-order valence-electron chi connectivity index (χ4n) is 2.27. The van der Waals surface area contributed by atoms with Crippen LogP contribution in [0.2, 0.25) is 0 Å². The molecule has 6 nitrogen and oxygen atoms in total. The van der Waals surface area contributed by atoms with E-state index in [9.17, 15) is 9.59 Å². The van der Waals surface area contributed by atoms with Gasteiger partial charge in [0.15, 0.2) is 5.65 Å². The van der Waals surface area contributed by atoms with Crippen molar-refractivity contribution in [3.8, 4) is 11.4 Å². The summed E-state index contributed by atoms with van der Waals surface area (Å²) in [6.45, 7) is 4.26. The number of H-pyrrole nitrogens is 2. The lowest BCUT2D eigenvalue weighted by Crippen LogP contribution is -2.29. The fraction of sp³-hybridized carbons (Fsp3) is 0.214. The molecule has 0 saturated carbocycles. The zero-order valence-corrected chi connectivity index (χ0v) is 13.1. The molecule has 2 heterocycles. The van der Waals surface area contributed by atoms with E-state index in [0.29, 0.717) is 23.5 Å². The Labute approximate surface area is 128 Å². The molecule has 0 unspecified atom stereocenters. The number of hydrogen-bond donors (Lipinski definition) is 2. The number of nitrogens with one attached hydrogen (secondary N) is 2. The number of fused-ring (bicyclic) bond motifs is 1. The number of halogens is 1. The Morgan fingerprint density at radius 1 is 1.29 bits per heavy atom. The van der Waals surface area contributed by atoms with Gasteiger partial charge in [0.2, 0.25) is 0 Å². The average molecular weight is 349 g/mol. The van der Waals surface area contributed by atoms with E-state index in [1.54, 1.807) is 0 Å². The maximum absolute atomic E-state index is 11.9. The Kier molecular flexibility index (Phi) is 3.29. The first kappa shape index (κ1) is 13.8. The highest BCUT2D eigenvalue weighted by Crippen LogP contribution is 2.27. The first-order chi connectivity index (χ1) is 10.0. The third-order valence-electron chi connectivity index (χ3n) is 3.33. The molecule has 3 rings (SSSR count). The van der Waals surface area contributed by atoms with Crippen molar-refractivity contribution in [1.82, 2.24) is 19.5 Å². The van der Waals surface area contributed by atoms with Crippen molar-refractivity contribution in [3.05, 3.63) is 49.1 Å². The highest BCUT2D eigenvalue weighted by molar-refractivity contribution is 9.10. The Morgan fingerprint density at radius 2 is 2.05 bits per heavy atom. The van der Waals surface area contributed by atoms with Crippen LogP contribution in [-0.2, 0) is 6.54 Å². The minimum absolute atomic E-state index is 0.305. The van der Waals surface area contributed by atoms with Crippen molar-refractivity contribution in [2.45, 2.75) is 20.4 Å². The van der Waals surface area contributed by atoms with E-state index in [0.717, 1.165) is 15.6 Å². The van der Waals surface area contributed by atoms with Crippen molar-refractivity contribution >= 4 is 27.1 Å². The first-order valence-electron chi connectivity index (χ1n) is 6.50. The minimum atomic E-state index is -0.457. The largest absolute Gasteiger partial charge is 0.332 e. The van der Waals surface area contributed by atoms with Crippen LogP contribution in [0.1, 0.15) is 12.5 Å². The number of hydrogen-bond acceptors (Lipinski definition) is 3. The summed E-state index contributed by atoms with van der Waals surface area (Å²) in [5.74, 6) is 0.551. The lowest BCUT2D eigenvalue weighted by atomic mass is 10.1. The van der Waals surface area contributed by atoms with Crippen LogP contribution in [0.5, 0.6) is 0 Å². The van der Waals surface area contributed by atoms with Gasteiger partial charge in [-0.2, -0.15) is 0 Å². The molecule has 0 amide bonds. The molecule has 0 spiro atoms. The van der Waals surface area contributed by atoms with Crippen molar-refractivity contribution in [3.63, 3.8) is 0 Å². The second kappa shape index (κ2) is 5.00. The predicted octanol–water partition coefficient (Wildman–Crippen LogP) is 2.17. The van der Waals surface area contributed by atoms with Crippen LogP contribution in [0, 0.1) is 6.92 Å². The molecule has 0 aliphatic rings. The predicted molar refractivity (Wildman–Crippen MR) is 84.5 cm³/mol. The van der Waals surface area contributed by atoms with Crippen molar-refractivity contribution in [1.29, 1.82) is 0 Å². The fourth-order valence-corrected chi connectivity index (χ4v) is 2.96. The molecule has 21 heavy (non-hydrogen) atoms. The summed E-state index contributed by atoms with van der Waals surface area (Å²) in [5, 5.41) is 0. The van der Waals surface area contributed by atoms with Crippen molar-refractivity contribution in [2.24, 2.45) is 0 Å². The highest BCUT2D eigenvalue weighted by atomic mass is 79.9. The Balaban J connectivity index is 2.33. The van der Waals surface area contributed by atoms with Crippen LogP contribution in [0.25, 0.3) is 22.6 Å². The second-order valence-corrected chi connectivity index (χ2v) is 5.63. The molecule has 2 N–H and O–H groups in total. The van der Waals surface area contributed by atoms with Gasteiger partial charge in [-0.1, -0.05) is 22.0 Å². The topological polar surface area (TPSA) is 83.5 Å². The lowest BCUT2D eigenvalue weighted by molar-refractivity contribution is 0.720. The molecule has 0 saturated heterocycles. The van der Waals surface area contributed by atoms with E-state index in [-0.39, 0.29) is 0 Å². The number of nitrogens with zero attached hydrogens (tertiary/aromatic N) is 2. The molecule has 1 aromatic carbocycles. The molecule has 0 radical (unpaired) electrons. The van der Waals surface area contributed by atoms with Gasteiger partial charge in [0.1, 0.15) is 11.3 Å². The van der Waals surface area contributed by atoms with Gasteiger partial charge >= 0.3 is 5.69 Å². The lowest BCUT2D eigenvalue weighted by Gasteiger charge is -2.01. The minimum Gasteiger partial charge on any atom is -0.332 e. The maximum Gasteiger partial charge on any atom is 0.330 e. The van der Waals surface area contributed by atoms with E-state index >= 15 is 0 Å². The molecule has 7 heteroatoms. The van der Waals surface area contributed by atoms with Crippen LogP contribution >= 0.6 is 15.9 Å². The average Bonchev–Trinajstić information content (AvgIpc) is 2.84. The molecule has 0 atom stereocenters. The molecule has 0 fully saturated rings. The summed E-state index contributed by atoms with van der Waals surface area (Å²) in [6, 6.07) is 5.85. The van der Waals surface area contributed by atoms with Gasteiger partial charge < -0.3 is 4.98 Å². The summed E-state index contributed by atoms with van der Waals surface area (Å²) in [4.78, 5) is 33.4. The standard InChI is InChI=1S/C14H13BrN4O2/c1-3-19-12-10(13(20)18-14(19)21)16-11(17-12)8-5-4-7(2)6-9(8)15/h4-6H,3H2,1-2H3,(H,16,17)(H,18,20,21). The van der Waals surface area contributed by atoms with Crippen molar-refractivity contribution < 1.29 is 0 Å². The Hall–Kier alpha value is -2.15. The molecular formula is C14H13BrN4O2. The van der Waals surface area contributed by atoms with Crippen molar-refractivity contribution in [2.75, 3.05) is 0 Å². The van der Waals surface area contributed by atoms with Crippen LogP contribution in [0.15, 0.2) is 32.3 Å². The zero-order chi connectivity index (χ0) is 15.1. The quantitative estimate of drug-likeness (QED) is 0.744. The van der Waals surface area contributed by atoms with Gasteiger partial charge in [-0.3, -0.25) is 14.3 Å². The van der Waals surface area contributed by atoms with Crippen LogP contribution < -0.4 is 11.2 Å². The van der Waals surface area contributed by atoms with E-state index in [2.05, 4.69) is 30.9 Å². The van der Waals surface area contributed by atoms with E-state index in [1.165, 1.54) is 4.57 Å². The maximum atomic E-state index is 11.9. The highest BCUT2D eigenvalue weighted by Gasteiger charge is 2.14. The summed E-state index contributed by atoms with van der Waals surface area (Å²) in [5.41, 5.74) is 1.72. The number of benzene rings is 1. The summed E-state index contributed by atoms with van der Waals surface area (Å²) in [6.07, 6.45) is 0. The van der Waals surface area contributed by atoms with Gasteiger partial charge in [-0.05, 0) is 31.5 Å². The summed E-state index contributed by atoms with van der Waals surface area (Å²) >= 11 is 3.50. The van der Waals surface area contributed by atoms with E-state index < -0.39 is 11.2 Å².